The molecule has 2 aliphatic rings. The average molecular weight is 328 g/mol. The molecule has 4 heteroatoms. The highest BCUT2D eigenvalue weighted by Crippen LogP contribution is 2.54. The Labute approximate surface area is 121 Å². The van der Waals surface area contributed by atoms with Crippen LogP contribution in [0, 0.1) is 11.2 Å². The summed E-state index contributed by atoms with van der Waals surface area (Å²) in [6.07, 6.45) is 6.22. The van der Waals surface area contributed by atoms with Gasteiger partial charge in [-0.05, 0) is 48.0 Å². The van der Waals surface area contributed by atoms with E-state index in [1.807, 2.05) is 7.05 Å². The minimum absolute atomic E-state index is 0.213. The van der Waals surface area contributed by atoms with Gasteiger partial charge in [0.1, 0.15) is 17.7 Å². The molecule has 3 rings (SSSR count). The van der Waals surface area contributed by atoms with E-state index in [2.05, 4.69) is 21.2 Å². The molecular weight excluding hydrogens is 309 g/mol. The molecule has 2 aliphatic carbocycles. The molecule has 0 heterocycles. The van der Waals surface area contributed by atoms with Crippen LogP contribution in [0.2, 0.25) is 0 Å². The molecule has 0 saturated heterocycles. The standard InChI is InChI=1S/C15H19BrFNO/c1-18-13-9-14(15(13)6-2-3-7-15)19-12-8-10(17)4-5-11(12)16/h4-5,8,13-14,18H,2-3,6-7,9H2,1H3. The molecule has 2 unspecified atom stereocenters. The predicted molar refractivity (Wildman–Crippen MR) is 76.9 cm³/mol. The smallest absolute Gasteiger partial charge is 0.136 e. The monoisotopic (exact) mass is 327 g/mol. The molecule has 1 aromatic carbocycles. The van der Waals surface area contributed by atoms with Crippen molar-refractivity contribution in [1.82, 2.24) is 5.32 Å². The van der Waals surface area contributed by atoms with Gasteiger partial charge in [0.15, 0.2) is 0 Å². The molecule has 0 bridgehead atoms. The molecule has 1 aromatic rings. The SMILES string of the molecule is CNC1CC(Oc2cc(F)ccc2Br)C12CCCC2. The van der Waals surface area contributed by atoms with Crippen LogP contribution in [0.3, 0.4) is 0 Å². The fourth-order valence-corrected chi connectivity index (χ4v) is 4.08. The van der Waals surface area contributed by atoms with E-state index >= 15 is 0 Å². The van der Waals surface area contributed by atoms with E-state index < -0.39 is 0 Å². The number of rotatable bonds is 3. The molecule has 2 nitrogen and oxygen atoms in total. The van der Waals surface area contributed by atoms with Gasteiger partial charge in [0.2, 0.25) is 0 Å². The van der Waals surface area contributed by atoms with Gasteiger partial charge < -0.3 is 10.1 Å². The van der Waals surface area contributed by atoms with Crippen molar-refractivity contribution >= 4 is 15.9 Å². The summed E-state index contributed by atoms with van der Waals surface area (Å²) in [6.45, 7) is 0. The lowest BCUT2D eigenvalue weighted by molar-refractivity contribution is -0.0740. The van der Waals surface area contributed by atoms with Crippen molar-refractivity contribution in [2.45, 2.75) is 44.2 Å². The molecule has 104 valence electrons. The van der Waals surface area contributed by atoms with Gasteiger partial charge in [-0.3, -0.25) is 0 Å². The molecule has 2 fully saturated rings. The first-order valence-electron chi connectivity index (χ1n) is 6.95. The zero-order valence-corrected chi connectivity index (χ0v) is 12.7. The van der Waals surface area contributed by atoms with Crippen molar-refractivity contribution in [3.05, 3.63) is 28.5 Å². The molecule has 0 aliphatic heterocycles. The largest absolute Gasteiger partial charge is 0.488 e. The van der Waals surface area contributed by atoms with E-state index in [4.69, 9.17) is 4.74 Å². The lowest BCUT2D eigenvalue weighted by Crippen LogP contribution is -2.63. The maximum absolute atomic E-state index is 13.3. The number of hydrogen-bond donors (Lipinski definition) is 1. The molecule has 0 radical (unpaired) electrons. The van der Waals surface area contributed by atoms with Crippen molar-refractivity contribution in [3.63, 3.8) is 0 Å². The van der Waals surface area contributed by atoms with Crippen LogP contribution in [0.15, 0.2) is 22.7 Å². The minimum Gasteiger partial charge on any atom is -0.488 e. The van der Waals surface area contributed by atoms with Crippen LogP contribution >= 0.6 is 15.9 Å². The first-order chi connectivity index (χ1) is 9.15. The van der Waals surface area contributed by atoms with Gasteiger partial charge in [-0.2, -0.15) is 0 Å². The summed E-state index contributed by atoms with van der Waals surface area (Å²) >= 11 is 3.43. The minimum atomic E-state index is -0.247. The van der Waals surface area contributed by atoms with Gasteiger partial charge in [-0.15, -0.1) is 0 Å². The van der Waals surface area contributed by atoms with E-state index in [9.17, 15) is 4.39 Å². The van der Waals surface area contributed by atoms with Crippen molar-refractivity contribution in [2.75, 3.05) is 7.05 Å². The summed E-state index contributed by atoms with van der Waals surface area (Å²) in [5.74, 6) is 0.383. The molecular formula is C15H19BrFNO. The fraction of sp³-hybridized carbons (Fsp3) is 0.600. The molecule has 1 spiro atoms. The molecule has 1 N–H and O–H groups in total. The third kappa shape index (κ3) is 2.19. The van der Waals surface area contributed by atoms with Crippen molar-refractivity contribution in [1.29, 1.82) is 0 Å². The number of halogens is 2. The van der Waals surface area contributed by atoms with Gasteiger partial charge >= 0.3 is 0 Å². The lowest BCUT2D eigenvalue weighted by atomic mass is 9.60. The fourth-order valence-electron chi connectivity index (χ4n) is 3.74. The van der Waals surface area contributed by atoms with E-state index in [1.54, 1.807) is 6.07 Å². The van der Waals surface area contributed by atoms with Crippen LogP contribution in [-0.2, 0) is 0 Å². The molecule has 19 heavy (non-hydrogen) atoms. The summed E-state index contributed by atoms with van der Waals surface area (Å²) in [6, 6.07) is 5.17. The first-order valence-corrected chi connectivity index (χ1v) is 7.74. The predicted octanol–water partition coefficient (Wildman–Crippen LogP) is 3.89. The Bertz CT molecular complexity index is 473. The summed E-state index contributed by atoms with van der Waals surface area (Å²) in [5.41, 5.74) is 0.264. The number of nitrogens with one attached hydrogen (secondary N) is 1. The highest BCUT2D eigenvalue weighted by Gasteiger charge is 2.57. The second-order valence-corrected chi connectivity index (χ2v) is 6.55. The van der Waals surface area contributed by atoms with Crippen molar-refractivity contribution in [2.24, 2.45) is 5.41 Å². The van der Waals surface area contributed by atoms with Crippen LogP contribution in [0.5, 0.6) is 5.75 Å². The highest BCUT2D eigenvalue weighted by atomic mass is 79.9. The van der Waals surface area contributed by atoms with Crippen LogP contribution < -0.4 is 10.1 Å². The summed E-state index contributed by atoms with van der Waals surface area (Å²) in [5, 5.41) is 3.41. The highest BCUT2D eigenvalue weighted by molar-refractivity contribution is 9.10. The maximum Gasteiger partial charge on any atom is 0.136 e. The van der Waals surface area contributed by atoms with Gasteiger partial charge in [0.05, 0.1) is 4.47 Å². The normalized spacial score (nSPS) is 28.4. The van der Waals surface area contributed by atoms with Crippen LogP contribution in [0.1, 0.15) is 32.1 Å². The zero-order valence-electron chi connectivity index (χ0n) is 11.1. The third-order valence-corrected chi connectivity index (χ3v) is 5.49. The van der Waals surface area contributed by atoms with Gasteiger partial charge in [-0.25, -0.2) is 4.39 Å². The maximum atomic E-state index is 13.3. The summed E-state index contributed by atoms with van der Waals surface area (Å²) in [4.78, 5) is 0. The Hall–Kier alpha value is -0.610. The number of benzene rings is 1. The second-order valence-electron chi connectivity index (χ2n) is 5.70. The Kier molecular flexibility index (Phi) is 3.56. The van der Waals surface area contributed by atoms with E-state index in [0.29, 0.717) is 11.8 Å². The van der Waals surface area contributed by atoms with Crippen LogP contribution in [-0.4, -0.2) is 19.2 Å². The molecule has 2 atom stereocenters. The van der Waals surface area contributed by atoms with Gasteiger partial charge in [0.25, 0.3) is 0 Å². The zero-order chi connectivity index (χ0) is 13.5. The van der Waals surface area contributed by atoms with E-state index in [0.717, 1.165) is 10.9 Å². The summed E-state index contributed by atoms with van der Waals surface area (Å²) < 4.78 is 20.3. The Balaban J connectivity index is 1.78. The summed E-state index contributed by atoms with van der Waals surface area (Å²) in [7, 11) is 2.03. The lowest BCUT2D eigenvalue weighted by Gasteiger charge is -2.53. The van der Waals surface area contributed by atoms with Gasteiger partial charge in [-0.1, -0.05) is 12.8 Å². The quantitative estimate of drug-likeness (QED) is 0.909. The molecule has 0 aromatic heterocycles. The van der Waals surface area contributed by atoms with E-state index in [1.165, 1.54) is 37.8 Å². The number of ether oxygens (including phenoxy) is 1. The Morgan fingerprint density at radius 2 is 2.11 bits per heavy atom. The molecule has 2 saturated carbocycles. The van der Waals surface area contributed by atoms with E-state index in [-0.39, 0.29) is 17.3 Å². The van der Waals surface area contributed by atoms with Gasteiger partial charge in [0, 0.05) is 23.9 Å². The topological polar surface area (TPSA) is 21.3 Å². The van der Waals surface area contributed by atoms with Crippen LogP contribution in [0.25, 0.3) is 0 Å². The average Bonchev–Trinajstić information content (AvgIpc) is 2.90. The third-order valence-electron chi connectivity index (χ3n) is 4.83. The van der Waals surface area contributed by atoms with Crippen molar-refractivity contribution in [3.8, 4) is 5.75 Å². The first kappa shape index (κ1) is 13.4. The van der Waals surface area contributed by atoms with Crippen molar-refractivity contribution < 1.29 is 9.13 Å². The molecule has 0 amide bonds. The second kappa shape index (κ2) is 5.06. The van der Waals surface area contributed by atoms with Crippen LogP contribution in [0.4, 0.5) is 4.39 Å². The Morgan fingerprint density at radius 3 is 2.79 bits per heavy atom. The number of hydrogen-bond acceptors (Lipinski definition) is 2. The Morgan fingerprint density at radius 1 is 1.37 bits per heavy atom.